The van der Waals surface area contributed by atoms with E-state index < -0.39 is 0 Å². The molecule has 5 heterocycles. The molecule has 0 N–H and O–H groups in total. The van der Waals surface area contributed by atoms with Crippen molar-refractivity contribution in [3.05, 3.63) is 99.6 Å². The van der Waals surface area contributed by atoms with Crippen LogP contribution in [0.25, 0.3) is 11.0 Å². The van der Waals surface area contributed by atoms with Crippen LogP contribution in [0.15, 0.2) is 65.1 Å². The second-order valence-electron chi connectivity index (χ2n) is 19.3. The van der Waals surface area contributed by atoms with E-state index in [9.17, 15) is 0 Å². The maximum atomic E-state index is 7.28. The topological polar surface area (TPSA) is 56.5 Å². The molecule has 59 heavy (non-hydrogen) atoms. The van der Waals surface area contributed by atoms with Gasteiger partial charge in [0.05, 0.1) is 49.1 Å². The maximum absolute atomic E-state index is 7.28. The van der Waals surface area contributed by atoms with Crippen molar-refractivity contribution in [3.8, 4) is 23.0 Å². The van der Waals surface area contributed by atoms with Crippen molar-refractivity contribution in [2.24, 2.45) is 0 Å². The van der Waals surface area contributed by atoms with E-state index in [1.807, 2.05) is 0 Å². The van der Waals surface area contributed by atoms with Crippen molar-refractivity contribution >= 4 is 68.4 Å². The van der Waals surface area contributed by atoms with Gasteiger partial charge < -0.3 is 33.2 Å². The Kier molecular flexibility index (Phi) is 8.48. The molecule has 0 fully saturated rings. The van der Waals surface area contributed by atoms with Gasteiger partial charge in [-0.3, -0.25) is 0 Å². The highest BCUT2D eigenvalue weighted by Crippen LogP contribution is 2.53. The zero-order valence-electron chi connectivity index (χ0n) is 36.5. The van der Waals surface area contributed by atoms with Gasteiger partial charge in [-0.05, 0) is 126 Å². The van der Waals surface area contributed by atoms with Gasteiger partial charge in [-0.15, -0.1) is 0 Å². The molecule has 0 radical (unpaired) electrons. The van der Waals surface area contributed by atoms with Crippen LogP contribution in [0, 0.1) is 34.6 Å². The quantitative estimate of drug-likeness (QED) is 0.162. The predicted molar refractivity (Wildman–Crippen MR) is 243 cm³/mol. The summed E-state index contributed by atoms with van der Waals surface area (Å²) in [4.78, 5) is 4.99. The molecule has 1 aromatic heterocycles. The Morgan fingerprint density at radius 1 is 0.542 bits per heavy atom. The third-order valence-electron chi connectivity index (χ3n) is 12.8. The van der Waals surface area contributed by atoms with Crippen molar-refractivity contribution in [2.75, 3.05) is 36.2 Å². The average Bonchev–Trinajstić information content (AvgIpc) is 3.28. The second kappa shape index (κ2) is 13.3. The summed E-state index contributed by atoms with van der Waals surface area (Å²) in [7, 11) is 0. The minimum absolute atomic E-state index is 0.00731. The molecule has 5 aromatic carbocycles. The number of furan rings is 1. The summed E-state index contributed by atoms with van der Waals surface area (Å²) in [6, 6.07) is 22.9. The van der Waals surface area contributed by atoms with Crippen LogP contribution < -0.4 is 45.3 Å². The van der Waals surface area contributed by atoms with Gasteiger partial charge in [0.2, 0.25) is 0 Å². The number of ether oxygens (including phenoxy) is 4. The van der Waals surface area contributed by atoms with Crippen molar-refractivity contribution in [1.29, 1.82) is 0 Å². The number of aryl methyl sites for hydroxylation is 4. The lowest BCUT2D eigenvalue weighted by Gasteiger charge is -2.44. The number of anilines is 6. The Morgan fingerprint density at radius 3 is 1.80 bits per heavy atom. The molecule has 302 valence electrons. The SMILES string of the molecule is Cc1cc2c3c(c1)N(c1c(C)cc4c(c1C)OCCCO4)c1c(oc4ccc(C(C)(C)C)cc14)B3c1cc3c(cc1N2c1c(C)cc(C(C)(C)C)cc1C)OCCCO3. The van der Waals surface area contributed by atoms with E-state index in [0.29, 0.717) is 26.4 Å². The van der Waals surface area contributed by atoms with Crippen LogP contribution in [-0.2, 0) is 10.8 Å². The highest BCUT2D eigenvalue weighted by Gasteiger charge is 2.48. The van der Waals surface area contributed by atoms with E-state index in [1.165, 1.54) is 39.0 Å². The van der Waals surface area contributed by atoms with Gasteiger partial charge in [-0.2, -0.15) is 0 Å². The van der Waals surface area contributed by atoms with Crippen LogP contribution in [-0.4, -0.2) is 33.1 Å². The molecule has 0 aliphatic carbocycles. The van der Waals surface area contributed by atoms with Crippen LogP contribution in [0.5, 0.6) is 23.0 Å². The monoisotopic (exact) mass is 786 g/mol. The third kappa shape index (κ3) is 5.83. The largest absolute Gasteiger partial charge is 0.490 e. The molecular formula is C51H55BN2O5. The molecule has 0 saturated heterocycles. The predicted octanol–water partition coefficient (Wildman–Crippen LogP) is 11.0. The number of rotatable bonds is 2. The smallest absolute Gasteiger partial charge is 0.297 e. The average molecular weight is 787 g/mol. The number of benzene rings is 5. The fourth-order valence-corrected chi connectivity index (χ4v) is 9.92. The fourth-order valence-electron chi connectivity index (χ4n) is 9.92. The van der Waals surface area contributed by atoms with Crippen LogP contribution >= 0.6 is 0 Å². The molecule has 4 aliphatic heterocycles. The Bertz CT molecular complexity index is 2710. The number of fused-ring (bicyclic) bond motifs is 8. The molecule has 0 saturated carbocycles. The van der Waals surface area contributed by atoms with Gasteiger partial charge in [0.15, 0.2) is 23.0 Å². The van der Waals surface area contributed by atoms with Gasteiger partial charge in [-0.25, -0.2) is 0 Å². The number of hydrogen-bond acceptors (Lipinski definition) is 7. The first kappa shape index (κ1) is 37.8. The first-order chi connectivity index (χ1) is 28.1. The summed E-state index contributed by atoms with van der Waals surface area (Å²) in [6.07, 6.45) is 1.67. The van der Waals surface area contributed by atoms with E-state index in [1.54, 1.807) is 0 Å². The van der Waals surface area contributed by atoms with Crippen LogP contribution in [0.4, 0.5) is 34.1 Å². The van der Waals surface area contributed by atoms with Gasteiger partial charge in [0.1, 0.15) is 5.58 Å². The molecule has 7 nitrogen and oxygen atoms in total. The molecule has 0 spiro atoms. The van der Waals surface area contributed by atoms with E-state index in [-0.39, 0.29) is 17.5 Å². The summed E-state index contributed by atoms with van der Waals surface area (Å²) in [5, 5.41) is 1.09. The first-order valence-electron chi connectivity index (χ1n) is 21.4. The maximum Gasteiger partial charge on any atom is 0.297 e. The Hall–Kier alpha value is -5.50. The Morgan fingerprint density at radius 2 is 1.14 bits per heavy atom. The highest BCUT2D eigenvalue weighted by atomic mass is 16.5. The molecule has 10 rings (SSSR count). The minimum Gasteiger partial charge on any atom is -0.490 e. The molecule has 6 aromatic rings. The van der Waals surface area contributed by atoms with Crippen LogP contribution in [0.2, 0.25) is 0 Å². The van der Waals surface area contributed by atoms with E-state index >= 15 is 0 Å². The summed E-state index contributed by atoms with van der Waals surface area (Å²) >= 11 is 0. The Balaban J connectivity index is 1.34. The zero-order chi connectivity index (χ0) is 41.3. The zero-order valence-corrected chi connectivity index (χ0v) is 36.5. The van der Waals surface area contributed by atoms with E-state index in [0.717, 1.165) is 97.5 Å². The summed E-state index contributed by atoms with van der Waals surface area (Å²) in [5.74, 6) is 3.18. The molecule has 0 bridgehead atoms. The normalized spacial score (nSPS) is 15.7. The molecule has 4 aliphatic rings. The molecule has 0 unspecified atom stereocenters. The molecular weight excluding hydrogens is 731 g/mol. The minimum atomic E-state index is -0.226. The standard InChI is InChI=1S/C51H55BN2O5/c1-28-20-38-44-39(21-28)54(46-31(4)24-43-48(32(46)5)58-19-13-18-57-43)47-35-25-33(50(6,7)8)14-15-40(35)59-49(47)52(44)36-26-41-42(56-17-12-16-55-41)27-37(36)53(38)45-29(2)22-34(23-30(45)3)51(9,10)11/h14-15,20-27H,12-13,16-19H2,1-11H3. The lowest BCUT2D eigenvalue weighted by molar-refractivity contribution is 0.296. The van der Waals surface area contributed by atoms with Crippen LogP contribution in [0.3, 0.4) is 0 Å². The summed E-state index contributed by atoms with van der Waals surface area (Å²) in [5.41, 5.74) is 19.1. The molecule has 8 heteroatoms. The lowest BCUT2D eigenvalue weighted by Crippen LogP contribution is -2.61. The van der Waals surface area contributed by atoms with Crippen molar-refractivity contribution in [1.82, 2.24) is 0 Å². The van der Waals surface area contributed by atoms with E-state index in [2.05, 4.69) is 147 Å². The number of hydrogen-bond donors (Lipinski definition) is 0. The lowest BCUT2D eigenvalue weighted by atomic mass is 9.35. The first-order valence-corrected chi connectivity index (χ1v) is 21.4. The van der Waals surface area contributed by atoms with Gasteiger partial charge in [-0.1, -0.05) is 59.7 Å². The molecule has 0 amide bonds. The van der Waals surface area contributed by atoms with Crippen molar-refractivity contribution in [2.45, 2.75) is 99.8 Å². The van der Waals surface area contributed by atoms with Gasteiger partial charge in [0.25, 0.3) is 6.71 Å². The van der Waals surface area contributed by atoms with Crippen LogP contribution in [0.1, 0.15) is 93.3 Å². The second-order valence-corrected chi connectivity index (χ2v) is 19.3. The third-order valence-corrected chi connectivity index (χ3v) is 12.8. The van der Waals surface area contributed by atoms with E-state index in [4.69, 9.17) is 23.4 Å². The summed E-state index contributed by atoms with van der Waals surface area (Å²) in [6.45, 7) is 27.1. The van der Waals surface area contributed by atoms with Gasteiger partial charge >= 0.3 is 0 Å². The van der Waals surface area contributed by atoms with Gasteiger partial charge in [0, 0.05) is 46.9 Å². The number of nitrogens with zero attached hydrogens (tertiary/aromatic N) is 2. The van der Waals surface area contributed by atoms with Crippen molar-refractivity contribution < 1.29 is 23.4 Å². The fraction of sp³-hybridized carbons (Fsp3) is 0.373. The van der Waals surface area contributed by atoms with Crippen molar-refractivity contribution in [3.63, 3.8) is 0 Å². The highest BCUT2D eigenvalue weighted by molar-refractivity contribution is 7.00. The summed E-state index contributed by atoms with van der Waals surface area (Å²) < 4.78 is 33.0. The molecule has 0 atom stereocenters. The Labute approximate surface area is 349 Å².